The van der Waals surface area contributed by atoms with Crippen molar-refractivity contribution in [3.63, 3.8) is 0 Å². The normalized spacial score (nSPS) is 18.2. The molecule has 16 nitrogen and oxygen atoms in total. The number of nitrogens with two attached hydrogens (primary N) is 2. The lowest BCUT2D eigenvalue weighted by Crippen LogP contribution is -2.57. The molecule has 1 rings (SSSR count). The second-order valence-corrected chi connectivity index (χ2v) is 10.1. The molecule has 0 aromatic carbocycles. The van der Waals surface area contributed by atoms with E-state index in [1.54, 1.807) is 0 Å². The number of aliphatic carboxylic acids is 1. The van der Waals surface area contributed by atoms with Crippen LogP contribution in [0.2, 0.25) is 0 Å². The zero-order chi connectivity index (χ0) is 31.3. The molecule has 1 aliphatic rings. The number of nitrogens with one attached hydrogen (secondary N) is 5. The van der Waals surface area contributed by atoms with Gasteiger partial charge >= 0.3 is 5.97 Å². The number of nitrogens with zero attached hydrogens (tertiary/aromatic N) is 1. The molecule has 41 heavy (non-hydrogen) atoms. The van der Waals surface area contributed by atoms with Crippen molar-refractivity contribution >= 4 is 41.4 Å². The van der Waals surface area contributed by atoms with Crippen LogP contribution in [-0.4, -0.2) is 107 Å². The Labute approximate surface area is 239 Å². The summed E-state index contributed by atoms with van der Waals surface area (Å²) >= 11 is 0. The van der Waals surface area contributed by atoms with Crippen LogP contribution in [0.3, 0.4) is 0 Å². The standard InChI is InChI=1S/C25H44N8O8/c1-13(27)20(35)28-12-19(34)29-16(4)24(39)33-11-7-9-18(33)23(38)31-14(2)21(36)30-15(3)22(37)32-17(25(40)41)8-5-6-10-26/h13-18H,5-12,26-27H2,1-4H3,(H,28,35)(H,29,34)(H,30,36)(H,31,38)(H,32,37)(H,40,41)/t13-,14-,15-,16-,17-,18-/m0/s1. The molecule has 1 fully saturated rings. The summed E-state index contributed by atoms with van der Waals surface area (Å²) in [5, 5.41) is 21.5. The number of carboxylic acids is 1. The van der Waals surface area contributed by atoms with Gasteiger partial charge in [0.25, 0.3) is 0 Å². The largest absolute Gasteiger partial charge is 0.480 e. The smallest absolute Gasteiger partial charge is 0.326 e. The Morgan fingerprint density at radius 1 is 0.854 bits per heavy atom. The first-order valence-electron chi connectivity index (χ1n) is 13.7. The lowest BCUT2D eigenvalue weighted by molar-refractivity contribution is -0.142. The van der Waals surface area contributed by atoms with E-state index in [4.69, 9.17) is 11.5 Å². The van der Waals surface area contributed by atoms with Gasteiger partial charge in [-0.25, -0.2) is 4.79 Å². The second kappa shape index (κ2) is 17.1. The molecule has 0 saturated carbocycles. The summed E-state index contributed by atoms with van der Waals surface area (Å²) in [7, 11) is 0. The maximum atomic E-state index is 13.0. The fraction of sp³-hybridized carbons (Fsp3) is 0.720. The highest BCUT2D eigenvalue weighted by atomic mass is 16.4. The van der Waals surface area contributed by atoms with Crippen LogP contribution in [0, 0.1) is 0 Å². The third-order valence-electron chi connectivity index (χ3n) is 6.49. The molecular formula is C25H44N8O8. The maximum Gasteiger partial charge on any atom is 0.326 e. The van der Waals surface area contributed by atoms with Crippen molar-refractivity contribution in [2.75, 3.05) is 19.6 Å². The van der Waals surface area contributed by atoms with Gasteiger partial charge in [-0.2, -0.15) is 0 Å². The summed E-state index contributed by atoms with van der Waals surface area (Å²) < 4.78 is 0. The van der Waals surface area contributed by atoms with Crippen LogP contribution in [0.15, 0.2) is 0 Å². The number of carbonyl (C=O) groups excluding carboxylic acids is 6. The van der Waals surface area contributed by atoms with Crippen molar-refractivity contribution in [2.24, 2.45) is 11.5 Å². The highest BCUT2D eigenvalue weighted by Gasteiger charge is 2.37. The second-order valence-electron chi connectivity index (χ2n) is 10.1. The van der Waals surface area contributed by atoms with Crippen LogP contribution >= 0.6 is 0 Å². The van der Waals surface area contributed by atoms with Crippen molar-refractivity contribution in [3.05, 3.63) is 0 Å². The van der Waals surface area contributed by atoms with Crippen LogP contribution in [-0.2, 0) is 33.6 Å². The van der Waals surface area contributed by atoms with E-state index in [9.17, 15) is 38.7 Å². The van der Waals surface area contributed by atoms with Crippen molar-refractivity contribution in [1.82, 2.24) is 31.5 Å². The molecule has 232 valence electrons. The number of likely N-dealkylation sites (tertiary alicyclic amines) is 1. The Kier molecular flexibility index (Phi) is 14.7. The van der Waals surface area contributed by atoms with Crippen LogP contribution in [0.5, 0.6) is 0 Å². The molecule has 6 amide bonds. The lowest BCUT2D eigenvalue weighted by Gasteiger charge is -2.28. The predicted octanol–water partition coefficient (Wildman–Crippen LogP) is -3.35. The SMILES string of the molecule is C[C@H](N)C(=O)NCC(=O)N[C@@H](C)C(=O)N1CCC[C@H]1C(=O)N[C@@H](C)C(=O)N[C@@H](C)C(=O)N[C@@H](CCCCN)C(=O)O. The molecule has 0 aromatic heterocycles. The van der Waals surface area contributed by atoms with Gasteiger partial charge in [0.15, 0.2) is 0 Å². The van der Waals surface area contributed by atoms with Gasteiger partial charge in [0.1, 0.15) is 30.2 Å². The predicted molar refractivity (Wildman–Crippen MR) is 147 cm³/mol. The van der Waals surface area contributed by atoms with Gasteiger partial charge in [0.2, 0.25) is 35.4 Å². The minimum absolute atomic E-state index is 0.189. The zero-order valence-corrected chi connectivity index (χ0v) is 24.0. The summed E-state index contributed by atoms with van der Waals surface area (Å²) in [6.45, 7) is 6.01. The molecule has 6 atom stereocenters. The monoisotopic (exact) mass is 584 g/mol. The average molecular weight is 585 g/mol. The van der Waals surface area contributed by atoms with Crippen molar-refractivity contribution in [2.45, 2.75) is 96.1 Å². The Hall–Kier alpha value is -3.79. The van der Waals surface area contributed by atoms with Gasteiger partial charge in [0.05, 0.1) is 12.6 Å². The quantitative estimate of drug-likeness (QED) is 0.0836. The number of hydrogen-bond acceptors (Lipinski definition) is 9. The number of unbranched alkanes of at least 4 members (excludes halogenated alkanes) is 1. The average Bonchev–Trinajstić information content (AvgIpc) is 3.40. The summed E-state index contributed by atoms with van der Waals surface area (Å²) in [5.41, 5.74) is 10.8. The zero-order valence-electron chi connectivity index (χ0n) is 24.0. The van der Waals surface area contributed by atoms with Crippen molar-refractivity contribution in [1.29, 1.82) is 0 Å². The number of carboxylic acid groups (broad SMARTS) is 1. The first-order chi connectivity index (χ1) is 19.2. The third kappa shape index (κ3) is 11.7. The van der Waals surface area contributed by atoms with Crippen LogP contribution < -0.4 is 38.1 Å². The highest BCUT2D eigenvalue weighted by Crippen LogP contribution is 2.19. The molecule has 0 bridgehead atoms. The van der Waals surface area contributed by atoms with Gasteiger partial charge in [-0.3, -0.25) is 28.8 Å². The van der Waals surface area contributed by atoms with E-state index >= 15 is 0 Å². The van der Waals surface area contributed by atoms with Crippen LogP contribution in [0.4, 0.5) is 0 Å². The van der Waals surface area contributed by atoms with E-state index in [2.05, 4.69) is 26.6 Å². The summed E-state index contributed by atoms with van der Waals surface area (Å²) in [5.74, 6) is -4.79. The van der Waals surface area contributed by atoms with Crippen LogP contribution in [0.25, 0.3) is 0 Å². The molecule has 1 aliphatic heterocycles. The fourth-order valence-corrected chi connectivity index (χ4v) is 4.06. The van der Waals surface area contributed by atoms with E-state index in [0.717, 1.165) is 0 Å². The number of carbonyl (C=O) groups is 7. The Balaban J connectivity index is 2.64. The van der Waals surface area contributed by atoms with Gasteiger partial charge in [-0.05, 0) is 66.3 Å². The molecule has 1 saturated heterocycles. The molecule has 16 heteroatoms. The molecule has 1 heterocycles. The Bertz CT molecular complexity index is 975. The summed E-state index contributed by atoms with van der Waals surface area (Å²) in [4.78, 5) is 87.3. The molecule has 0 spiro atoms. The number of amides is 6. The number of rotatable bonds is 16. The van der Waals surface area contributed by atoms with E-state index in [1.165, 1.54) is 32.6 Å². The van der Waals surface area contributed by atoms with Gasteiger partial charge in [-0.1, -0.05) is 0 Å². The van der Waals surface area contributed by atoms with Crippen molar-refractivity contribution < 1.29 is 38.7 Å². The highest BCUT2D eigenvalue weighted by molar-refractivity contribution is 5.96. The van der Waals surface area contributed by atoms with E-state index in [-0.39, 0.29) is 19.5 Å². The first-order valence-corrected chi connectivity index (χ1v) is 13.7. The minimum atomic E-state index is -1.20. The van der Waals surface area contributed by atoms with E-state index in [1.807, 2.05) is 0 Å². The molecule has 0 aromatic rings. The molecule has 10 N–H and O–H groups in total. The molecule has 0 radical (unpaired) electrons. The van der Waals surface area contributed by atoms with Gasteiger partial charge < -0.3 is 48.1 Å². The van der Waals surface area contributed by atoms with Crippen LogP contribution in [0.1, 0.15) is 59.8 Å². The summed E-state index contributed by atoms with van der Waals surface area (Å²) in [6.07, 6.45) is 2.18. The van der Waals surface area contributed by atoms with E-state index < -0.39 is 77.7 Å². The first kappa shape index (κ1) is 35.2. The molecular weight excluding hydrogens is 540 g/mol. The van der Waals surface area contributed by atoms with Gasteiger partial charge in [-0.15, -0.1) is 0 Å². The lowest BCUT2D eigenvalue weighted by atomic mass is 10.1. The maximum absolute atomic E-state index is 13.0. The van der Waals surface area contributed by atoms with E-state index in [0.29, 0.717) is 32.2 Å². The fourth-order valence-electron chi connectivity index (χ4n) is 4.06. The van der Waals surface area contributed by atoms with Crippen molar-refractivity contribution in [3.8, 4) is 0 Å². The Morgan fingerprint density at radius 3 is 2.05 bits per heavy atom. The van der Waals surface area contributed by atoms with Gasteiger partial charge in [0, 0.05) is 6.54 Å². The Morgan fingerprint density at radius 2 is 1.46 bits per heavy atom. The summed E-state index contributed by atoms with van der Waals surface area (Å²) in [6, 6.07) is -5.92. The number of hydrogen-bond donors (Lipinski definition) is 8. The molecule has 0 aliphatic carbocycles. The third-order valence-corrected chi connectivity index (χ3v) is 6.49. The molecule has 0 unspecified atom stereocenters. The topological polar surface area (TPSA) is 255 Å². The minimum Gasteiger partial charge on any atom is -0.480 e.